The van der Waals surface area contributed by atoms with E-state index >= 15 is 0 Å². The van der Waals surface area contributed by atoms with Crippen molar-refractivity contribution in [1.29, 1.82) is 0 Å². The third-order valence-corrected chi connectivity index (χ3v) is 5.52. The van der Waals surface area contributed by atoms with E-state index in [1.807, 2.05) is 0 Å². The summed E-state index contributed by atoms with van der Waals surface area (Å²) in [5.74, 6) is 1.52. The lowest BCUT2D eigenvalue weighted by Gasteiger charge is -2.20. The number of nitrogen functional groups attached to an aromatic ring is 1. The SMILES string of the molecule is Nc1nc2c(Nc3ccc(C(F)(F)F)cc3)nc(C3CCCCC3)nc2s1. The number of alkyl halides is 3. The van der Waals surface area contributed by atoms with E-state index in [0.29, 0.717) is 32.9 Å². The van der Waals surface area contributed by atoms with Gasteiger partial charge in [-0.25, -0.2) is 15.0 Å². The van der Waals surface area contributed by atoms with Gasteiger partial charge in [0.25, 0.3) is 0 Å². The van der Waals surface area contributed by atoms with Crippen LogP contribution in [-0.2, 0) is 6.18 Å². The van der Waals surface area contributed by atoms with E-state index in [0.717, 1.165) is 43.6 Å². The lowest BCUT2D eigenvalue weighted by atomic mass is 9.89. The zero-order valence-electron chi connectivity index (χ0n) is 14.4. The number of hydrogen-bond acceptors (Lipinski definition) is 6. The minimum absolute atomic E-state index is 0.291. The second kappa shape index (κ2) is 6.95. The Labute approximate surface area is 157 Å². The maximum Gasteiger partial charge on any atom is 0.416 e. The van der Waals surface area contributed by atoms with Crippen molar-refractivity contribution < 1.29 is 13.2 Å². The van der Waals surface area contributed by atoms with Crippen LogP contribution in [0.3, 0.4) is 0 Å². The number of fused-ring (bicyclic) bond motifs is 1. The lowest BCUT2D eigenvalue weighted by molar-refractivity contribution is -0.137. The largest absolute Gasteiger partial charge is 0.416 e. The highest BCUT2D eigenvalue weighted by Gasteiger charge is 2.30. The number of halogens is 3. The molecule has 1 aliphatic rings. The molecule has 0 bridgehead atoms. The first kappa shape index (κ1) is 18.0. The molecule has 0 saturated heterocycles. The first-order valence-electron chi connectivity index (χ1n) is 8.78. The summed E-state index contributed by atoms with van der Waals surface area (Å²) in [6.07, 6.45) is 1.25. The number of benzene rings is 1. The van der Waals surface area contributed by atoms with Gasteiger partial charge in [-0.2, -0.15) is 13.2 Å². The Kier molecular flexibility index (Phi) is 4.63. The summed E-state index contributed by atoms with van der Waals surface area (Å²) in [6, 6.07) is 4.84. The molecule has 3 aromatic rings. The third kappa shape index (κ3) is 3.83. The molecule has 0 aliphatic heterocycles. The zero-order chi connectivity index (χ0) is 19.0. The second-order valence-electron chi connectivity index (χ2n) is 6.67. The molecule has 0 atom stereocenters. The molecule has 2 aromatic heterocycles. The molecule has 1 fully saturated rings. The Morgan fingerprint density at radius 2 is 1.70 bits per heavy atom. The van der Waals surface area contributed by atoms with Crippen LogP contribution in [0.4, 0.5) is 29.8 Å². The summed E-state index contributed by atoms with van der Waals surface area (Å²) in [7, 11) is 0. The number of nitrogens with zero attached hydrogens (tertiary/aromatic N) is 3. The van der Waals surface area contributed by atoms with Crippen LogP contribution >= 0.6 is 11.3 Å². The fourth-order valence-corrected chi connectivity index (χ4v) is 4.08. The van der Waals surface area contributed by atoms with Crippen LogP contribution in [0.25, 0.3) is 10.3 Å². The van der Waals surface area contributed by atoms with Crippen LogP contribution in [0.5, 0.6) is 0 Å². The number of anilines is 3. The summed E-state index contributed by atoms with van der Waals surface area (Å²) in [4.78, 5) is 14.3. The number of rotatable bonds is 3. The molecule has 4 rings (SSSR count). The highest BCUT2D eigenvalue weighted by atomic mass is 32.1. The Balaban J connectivity index is 1.69. The number of hydrogen-bond donors (Lipinski definition) is 2. The van der Waals surface area contributed by atoms with Crippen LogP contribution in [0.2, 0.25) is 0 Å². The molecular formula is C18H18F3N5S. The van der Waals surface area contributed by atoms with E-state index in [-0.39, 0.29) is 0 Å². The van der Waals surface area contributed by atoms with Gasteiger partial charge in [0.15, 0.2) is 15.8 Å². The van der Waals surface area contributed by atoms with Crippen molar-refractivity contribution in [1.82, 2.24) is 15.0 Å². The minimum atomic E-state index is -4.36. The average Bonchev–Trinajstić information content (AvgIpc) is 3.03. The van der Waals surface area contributed by atoms with Gasteiger partial charge in [0, 0.05) is 11.6 Å². The van der Waals surface area contributed by atoms with E-state index < -0.39 is 11.7 Å². The molecule has 0 spiro atoms. The predicted octanol–water partition coefficient (Wildman–Crippen LogP) is 5.48. The molecule has 3 N–H and O–H groups in total. The number of nitrogens with one attached hydrogen (secondary N) is 1. The molecule has 9 heteroatoms. The number of thiazole rings is 1. The van der Waals surface area contributed by atoms with Gasteiger partial charge in [-0.1, -0.05) is 30.6 Å². The number of nitrogens with two attached hydrogens (primary N) is 1. The first-order valence-corrected chi connectivity index (χ1v) is 9.60. The van der Waals surface area contributed by atoms with Gasteiger partial charge in [0.05, 0.1) is 5.56 Å². The molecule has 2 heterocycles. The molecule has 5 nitrogen and oxygen atoms in total. The van der Waals surface area contributed by atoms with Crippen LogP contribution in [0.1, 0.15) is 49.4 Å². The molecule has 0 amide bonds. The van der Waals surface area contributed by atoms with E-state index in [4.69, 9.17) is 5.73 Å². The molecular weight excluding hydrogens is 375 g/mol. The molecule has 0 unspecified atom stereocenters. The molecule has 0 radical (unpaired) electrons. The second-order valence-corrected chi connectivity index (χ2v) is 7.68. The average molecular weight is 393 g/mol. The monoisotopic (exact) mass is 393 g/mol. The predicted molar refractivity (Wildman–Crippen MR) is 100 cm³/mol. The summed E-state index contributed by atoms with van der Waals surface area (Å²) < 4.78 is 38.3. The van der Waals surface area contributed by atoms with Gasteiger partial charge in [0.1, 0.15) is 11.3 Å². The third-order valence-electron chi connectivity index (χ3n) is 4.74. The Morgan fingerprint density at radius 1 is 1.00 bits per heavy atom. The smallest absolute Gasteiger partial charge is 0.375 e. The summed E-state index contributed by atoms with van der Waals surface area (Å²) in [6.45, 7) is 0. The fourth-order valence-electron chi connectivity index (χ4n) is 3.36. The first-order chi connectivity index (χ1) is 12.9. The molecule has 142 valence electrons. The molecule has 27 heavy (non-hydrogen) atoms. The number of aromatic nitrogens is 3. The van der Waals surface area contributed by atoms with Gasteiger partial charge in [-0.3, -0.25) is 0 Å². The topological polar surface area (TPSA) is 76.7 Å². The molecule has 1 aromatic carbocycles. The zero-order valence-corrected chi connectivity index (χ0v) is 15.2. The minimum Gasteiger partial charge on any atom is -0.375 e. The van der Waals surface area contributed by atoms with Gasteiger partial charge < -0.3 is 11.1 Å². The molecule has 1 saturated carbocycles. The Hall–Kier alpha value is -2.42. The maximum atomic E-state index is 12.8. The van der Waals surface area contributed by atoms with Crippen molar-refractivity contribution in [3.63, 3.8) is 0 Å². The Bertz CT molecular complexity index is 946. The van der Waals surface area contributed by atoms with Crippen LogP contribution in [-0.4, -0.2) is 15.0 Å². The highest BCUT2D eigenvalue weighted by Crippen LogP contribution is 2.36. The molecule has 1 aliphatic carbocycles. The quantitative estimate of drug-likeness (QED) is 0.616. The summed E-state index contributed by atoms with van der Waals surface area (Å²) in [5.41, 5.74) is 6.19. The van der Waals surface area contributed by atoms with Crippen molar-refractivity contribution in [3.8, 4) is 0 Å². The maximum absolute atomic E-state index is 12.8. The van der Waals surface area contributed by atoms with Crippen molar-refractivity contribution in [2.45, 2.75) is 44.2 Å². The normalized spacial score (nSPS) is 16.0. The van der Waals surface area contributed by atoms with Gasteiger partial charge in [0.2, 0.25) is 0 Å². The van der Waals surface area contributed by atoms with Crippen LogP contribution in [0, 0.1) is 0 Å². The highest BCUT2D eigenvalue weighted by molar-refractivity contribution is 7.21. The van der Waals surface area contributed by atoms with Crippen molar-refractivity contribution in [2.75, 3.05) is 11.1 Å². The van der Waals surface area contributed by atoms with E-state index in [2.05, 4.69) is 20.3 Å². The van der Waals surface area contributed by atoms with Gasteiger partial charge in [-0.15, -0.1) is 0 Å². The fraction of sp³-hybridized carbons (Fsp3) is 0.389. The van der Waals surface area contributed by atoms with Crippen molar-refractivity contribution >= 4 is 38.3 Å². The van der Waals surface area contributed by atoms with E-state index in [1.54, 1.807) is 0 Å². The van der Waals surface area contributed by atoms with Crippen molar-refractivity contribution in [2.24, 2.45) is 0 Å². The summed E-state index contributed by atoms with van der Waals surface area (Å²) in [5, 5.41) is 3.47. The standard InChI is InChI=1S/C18H18F3N5S/c19-18(20,21)11-6-8-12(9-7-11)23-15-13-16(27-17(22)24-13)26-14(25-15)10-4-2-1-3-5-10/h6-10H,1-5H2,(H2,22,24)(H,23,25,26). The van der Waals surface area contributed by atoms with Crippen LogP contribution < -0.4 is 11.1 Å². The summed E-state index contributed by atoms with van der Waals surface area (Å²) >= 11 is 1.29. The van der Waals surface area contributed by atoms with E-state index in [1.165, 1.54) is 29.9 Å². The van der Waals surface area contributed by atoms with Gasteiger partial charge >= 0.3 is 6.18 Å². The lowest BCUT2D eigenvalue weighted by Crippen LogP contribution is -2.10. The van der Waals surface area contributed by atoms with Crippen LogP contribution in [0.15, 0.2) is 24.3 Å². The Morgan fingerprint density at radius 3 is 2.37 bits per heavy atom. The van der Waals surface area contributed by atoms with Gasteiger partial charge in [-0.05, 0) is 37.1 Å². The van der Waals surface area contributed by atoms with E-state index in [9.17, 15) is 13.2 Å². The van der Waals surface area contributed by atoms with Crippen molar-refractivity contribution in [3.05, 3.63) is 35.7 Å².